The largest absolute Gasteiger partial charge is 0.544 e. The molecule has 11 heteroatoms. The van der Waals surface area contributed by atoms with Crippen LogP contribution in [0.15, 0.2) is 64.1 Å². The summed E-state index contributed by atoms with van der Waals surface area (Å²) >= 11 is 16.8. The third-order valence-electron chi connectivity index (χ3n) is 3.80. The maximum absolute atomic E-state index is 11.4. The number of benzene rings is 2. The monoisotopic (exact) mass is 428 g/mol. The number of hydrogen-bond acceptors (Lipinski definition) is 7. The van der Waals surface area contributed by atoms with Gasteiger partial charge in [0.2, 0.25) is 0 Å². The molecular weight excluding hydrogens is 419 g/mol. The fraction of sp³-hybridized carbons (Fsp3) is 0.188. The van der Waals surface area contributed by atoms with Crippen molar-refractivity contribution < 1.29 is 24.0 Å². The van der Waals surface area contributed by atoms with E-state index in [0.717, 1.165) is 0 Å². The van der Waals surface area contributed by atoms with Crippen molar-refractivity contribution in [1.82, 2.24) is 0 Å². The number of aliphatic carboxylic acids is 1. The summed E-state index contributed by atoms with van der Waals surface area (Å²) in [7, 11) is 0. The van der Waals surface area contributed by atoms with Gasteiger partial charge in [-0.15, -0.1) is 0 Å². The lowest BCUT2D eigenvalue weighted by Crippen LogP contribution is -2.59. The van der Waals surface area contributed by atoms with Crippen LogP contribution >= 0.6 is 34.8 Å². The van der Waals surface area contributed by atoms with Crippen molar-refractivity contribution in [3.8, 4) is 0 Å². The molecule has 0 N–H and O–H groups in total. The number of alkyl halides is 3. The van der Waals surface area contributed by atoms with Crippen molar-refractivity contribution in [2.24, 2.45) is 15.5 Å². The molecule has 140 valence electrons. The summed E-state index contributed by atoms with van der Waals surface area (Å²) in [6.07, 6.45) is -1.47. The Hall–Kier alpha value is -2.26. The number of carboxylic acid groups (broad SMARTS) is 1. The van der Waals surface area contributed by atoms with E-state index < -0.39 is 33.1 Å². The normalized spacial score (nSPS) is 23.3. The molecule has 0 bridgehead atoms. The predicted molar refractivity (Wildman–Crippen MR) is 96.5 cm³/mol. The maximum Gasteiger partial charge on any atom is 0.423 e. The average Bonchev–Trinajstić information content (AvgIpc) is 3.13. The average molecular weight is 430 g/mol. The predicted octanol–water partition coefficient (Wildman–Crippen LogP) is 2.34. The van der Waals surface area contributed by atoms with E-state index in [0.29, 0.717) is 0 Å². The van der Waals surface area contributed by atoms with Crippen molar-refractivity contribution in [2.75, 3.05) is 6.54 Å². The van der Waals surface area contributed by atoms with Gasteiger partial charge in [0, 0.05) is 5.22 Å². The van der Waals surface area contributed by atoms with E-state index in [1.54, 1.807) is 0 Å². The molecule has 0 spiro atoms. The second-order valence-corrected chi connectivity index (χ2v) is 7.97. The van der Waals surface area contributed by atoms with Crippen LogP contribution in [0, 0.1) is 0 Å². The Balaban J connectivity index is 0.000000177. The Morgan fingerprint density at radius 1 is 1.11 bits per heavy atom. The molecule has 2 unspecified atom stereocenters. The molecule has 2 heterocycles. The number of amidine groups is 1. The van der Waals surface area contributed by atoms with Gasteiger partial charge in [0.1, 0.15) is 0 Å². The van der Waals surface area contributed by atoms with E-state index in [-0.39, 0.29) is 5.84 Å². The lowest BCUT2D eigenvalue weighted by molar-refractivity contribution is -0.880. The quantitative estimate of drug-likeness (QED) is 0.415. The molecule has 1 saturated heterocycles. The van der Waals surface area contributed by atoms with Crippen molar-refractivity contribution in [2.45, 2.75) is 10.0 Å². The van der Waals surface area contributed by atoms with Gasteiger partial charge in [-0.1, -0.05) is 93.0 Å². The fourth-order valence-corrected chi connectivity index (χ4v) is 3.30. The Morgan fingerprint density at radius 3 is 2.07 bits per heavy atom. The van der Waals surface area contributed by atoms with Crippen molar-refractivity contribution in [3.05, 3.63) is 48.5 Å². The first kappa shape index (κ1) is 19.5. The third kappa shape index (κ3) is 3.89. The van der Waals surface area contributed by atoms with Crippen LogP contribution < -0.4 is 5.11 Å². The highest BCUT2D eigenvalue weighted by atomic mass is 35.6. The molecule has 0 saturated carbocycles. The van der Waals surface area contributed by atoms with Crippen LogP contribution in [0.5, 0.6) is 0 Å². The number of cyclic esters (lactones) is 1. The molecule has 2 aliphatic rings. The summed E-state index contributed by atoms with van der Waals surface area (Å²) < 4.78 is 1.72. The molecule has 0 radical (unpaired) electrons. The van der Waals surface area contributed by atoms with Gasteiger partial charge in [-0.25, -0.2) is 4.79 Å². The SMILES string of the molecule is O=C([O-])C[N+]12N=NN=C1C(=O)OC2C(Cl)(Cl)Cl.c1ccc2ccccc2c1. The lowest BCUT2D eigenvalue weighted by atomic mass is 10.1. The third-order valence-corrected chi connectivity index (χ3v) is 4.36. The molecule has 2 aliphatic heterocycles. The Morgan fingerprint density at radius 2 is 1.63 bits per heavy atom. The van der Waals surface area contributed by atoms with Crippen LogP contribution in [0.3, 0.4) is 0 Å². The molecule has 4 rings (SSSR count). The van der Waals surface area contributed by atoms with Gasteiger partial charge in [0.25, 0.3) is 3.79 Å². The number of rotatable bonds is 2. The summed E-state index contributed by atoms with van der Waals surface area (Å²) in [6.45, 7) is -0.771. The van der Waals surface area contributed by atoms with Gasteiger partial charge in [-0.2, -0.15) is 0 Å². The van der Waals surface area contributed by atoms with Crippen LogP contribution in [0.1, 0.15) is 0 Å². The van der Waals surface area contributed by atoms with E-state index in [1.807, 2.05) is 0 Å². The molecule has 27 heavy (non-hydrogen) atoms. The van der Waals surface area contributed by atoms with Crippen LogP contribution in [0.25, 0.3) is 10.8 Å². The van der Waals surface area contributed by atoms with E-state index in [2.05, 4.69) is 64.1 Å². The van der Waals surface area contributed by atoms with E-state index in [4.69, 9.17) is 39.5 Å². The number of carboxylic acids is 1. The summed E-state index contributed by atoms with van der Waals surface area (Å²) in [5.41, 5.74) is 0. The number of hydrogen-bond donors (Lipinski definition) is 0. The number of halogens is 3. The van der Waals surface area contributed by atoms with Gasteiger partial charge in [-0.05, 0) is 10.8 Å². The summed E-state index contributed by atoms with van der Waals surface area (Å²) in [6, 6.07) is 16.7. The molecular formula is C16H11Cl3N4O4. The summed E-state index contributed by atoms with van der Waals surface area (Å²) in [4.78, 5) is 22.1. The number of carbonyl (C=O) groups excluding carboxylic acids is 2. The maximum atomic E-state index is 11.4. The minimum absolute atomic E-state index is 0.356. The van der Waals surface area contributed by atoms with E-state index in [1.165, 1.54) is 10.8 Å². The van der Waals surface area contributed by atoms with Gasteiger partial charge >= 0.3 is 18.0 Å². The number of ether oxygens (including phenoxy) is 1. The van der Waals surface area contributed by atoms with Crippen LogP contribution in [-0.4, -0.2) is 38.9 Å². The van der Waals surface area contributed by atoms with Crippen LogP contribution in [0.4, 0.5) is 0 Å². The minimum Gasteiger partial charge on any atom is -0.544 e. The summed E-state index contributed by atoms with van der Waals surface area (Å²) in [5, 5.41) is 23.4. The highest BCUT2D eigenvalue weighted by molar-refractivity contribution is 6.68. The van der Waals surface area contributed by atoms with Gasteiger partial charge < -0.3 is 14.6 Å². The minimum atomic E-state index is -2.08. The molecule has 2 aromatic carbocycles. The zero-order chi connectivity index (χ0) is 19.7. The van der Waals surface area contributed by atoms with Crippen LogP contribution in [0.2, 0.25) is 0 Å². The zero-order valence-electron chi connectivity index (χ0n) is 13.5. The zero-order valence-corrected chi connectivity index (χ0v) is 15.7. The standard InChI is InChI=1S/C10H8.C6H3Cl3N4O4/c1-2-6-10-8-4-3-7-9(10)5-1;7-6(8,9)5-13(1-2(14)15)3(4(16)17-5)10-11-12-13/h1-8H;5H,1H2. The van der Waals surface area contributed by atoms with Crippen molar-refractivity contribution in [1.29, 1.82) is 0 Å². The number of quaternary nitrogens is 1. The van der Waals surface area contributed by atoms with Gasteiger partial charge in [-0.3, -0.25) is 0 Å². The highest BCUT2D eigenvalue weighted by Gasteiger charge is 2.67. The Labute approximate surface area is 168 Å². The van der Waals surface area contributed by atoms with Crippen LogP contribution in [-0.2, 0) is 14.3 Å². The van der Waals surface area contributed by atoms with Crippen molar-refractivity contribution in [3.63, 3.8) is 0 Å². The van der Waals surface area contributed by atoms with Gasteiger partial charge in [0.15, 0.2) is 6.54 Å². The van der Waals surface area contributed by atoms with Crippen molar-refractivity contribution >= 4 is 63.3 Å². The lowest BCUT2D eigenvalue weighted by Gasteiger charge is -2.29. The highest BCUT2D eigenvalue weighted by Crippen LogP contribution is 2.43. The number of nitrogens with zero attached hydrogens (tertiary/aromatic N) is 4. The first-order valence-electron chi connectivity index (χ1n) is 7.54. The Kier molecular flexibility index (Phi) is 5.34. The summed E-state index contributed by atoms with van der Waals surface area (Å²) in [5.74, 6) is -2.81. The molecule has 2 aromatic rings. The van der Waals surface area contributed by atoms with E-state index >= 15 is 0 Å². The first-order chi connectivity index (χ1) is 12.7. The van der Waals surface area contributed by atoms with E-state index in [9.17, 15) is 14.7 Å². The number of carbonyl (C=O) groups is 2. The molecule has 0 amide bonds. The smallest absolute Gasteiger partial charge is 0.423 e. The fourth-order valence-electron chi connectivity index (χ4n) is 2.68. The Bertz CT molecular complexity index is 895. The van der Waals surface area contributed by atoms with Gasteiger partial charge in [0.05, 0.1) is 11.2 Å². The molecule has 8 nitrogen and oxygen atoms in total. The second-order valence-electron chi connectivity index (χ2n) is 5.61. The molecule has 2 atom stereocenters. The molecule has 0 aliphatic carbocycles. The molecule has 0 aromatic heterocycles. The first-order valence-corrected chi connectivity index (χ1v) is 8.67. The molecule has 1 fully saturated rings. The number of esters is 1. The second kappa shape index (κ2) is 7.40. The number of fused-ring (bicyclic) bond motifs is 2. The topological polar surface area (TPSA) is 104 Å².